The number of likely N-dealkylation sites (N-methyl/N-ethyl adjacent to an activating group) is 1. The van der Waals surface area contributed by atoms with Gasteiger partial charge in [0.05, 0.1) is 6.54 Å². The smallest absolute Gasteiger partial charge is 0.234 e. The summed E-state index contributed by atoms with van der Waals surface area (Å²) in [6, 6.07) is 6.42. The lowest BCUT2D eigenvalue weighted by atomic mass is 10.1. The highest BCUT2D eigenvalue weighted by Crippen LogP contribution is 2.26. The van der Waals surface area contributed by atoms with Gasteiger partial charge in [0, 0.05) is 25.3 Å². The first-order valence-corrected chi connectivity index (χ1v) is 7.36. The van der Waals surface area contributed by atoms with Crippen LogP contribution in [0, 0.1) is 5.92 Å². The van der Waals surface area contributed by atoms with Crippen LogP contribution in [0.25, 0.3) is 0 Å². The second kappa shape index (κ2) is 6.75. The Balaban J connectivity index is 1.87. The van der Waals surface area contributed by atoms with E-state index in [0.717, 1.165) is 26.1 Å². The van der Waals surface area contributed by atoms with Gasteiger partial charge in [-0.2, -0.15) is 0 Å². The number of benzene rings is 1. The molecule has 20 heavy (non-hydrogen) atoms. The summed E-state index contributed by atoms with van der Waals surface area (Å²) in [7, 11) is 1.99. The molecule has 0 spiro atoms. The van der Waals surface area contributed by atoms with Crippen molar-refractivity contribution in [3.05, 3.63) is 29.3 Å². The van der Waals surface area contributed by atoms with Crippen molar-refractivity contribution in [2.24, 2.45) is 5.92 Å². The molecule has 1 aromatic rings. The van der Waals surface area contributed by atoms with Crippen LogP contribution in [0.3, 0.4) is 0 Å². The molecule has 0 radical (unpaired) electrons. The standard InChI is InChI=1S/C16H25N3O/c1-12(2)9-18-15(20)11-19(3)10-14-6-4-5-13-7-8-17-16(13)14/h4-6,12,17H,7-11H2,1-3H3,(H,18,20). The van der Waals surface area contributed by atoms with Gasteiger partial charge in [0.15, 0.2) is 0 Å². The number of rotatable bonds is 6. The molecule has 0 saturated carbocycles. The van der Waals surface area contributed by atoms with Gasteiger partial charge in [-0.15, -0.1) is 0 Å². The van der Waals surface area contributed by atoms with E-state index in [0.29, 0.717) is 12.5 Å². The van der Waals surface area contributed by atoms with Crippen molar-refractivity contribution in [3.63, 3.8) is 0 Å². The quantitative estimate of drug-likeness (QED) is 0.833. The molecule has 4 heteroatoms. The molecule has 0 fully saturated rings. The summed E-state index contributed by atoms with van der Waals surface area (Å²) in [5, 5.41) is 6.40. The molecule has 0 bridgehead atoms. The van der Waals surface area contributed by atoms with Crippen molar-refractivity contribution >= 4 is 11.6 Å². The SMILES string of the molecule is CC(C)CNC(=O)CN(C)Cc1cccc2c1NCC2. The van der Waals surface area contributed by atoms with Crippen LogP contribution in [0.15, 0.2) is 18.2 Å². The molecule has 2 rings (SSSR count). The summed E-state index contributed by atoms with van der Waals surface area (Å²) in [4.78, 5) is 13.9. The van der Waals surface area contributed by atoms with Gasteiger partial charge in [-0.25, -0.2) is 0 Å². The Kier molecular flexibility index (Phi) is 5.01. The summed E-state index contributed by atoms with van der Waals surface area (Å²) in [6.45, 7) is 7.20. The molecule has 1 aliphatic heterocycles. The fourth-order valence-corrected chi connectivity index (χ4v) is 2.51. The minimum atomic E-state index is 0.0988. The van der Waals surface area contributed by atoms with Crippen LogP contribution in [0.4, 0.5) is 5.69 Å². The van der Waals surface area contributed by atoms with Crippen LogP contribution in [0.2, 0.25) is 0 Å². The van der Waals surface area contributed by atoms with Crippen LogP contribution in [0.1, 0.15) is 25.0 Å². The third kappa shape index (κ3) is 3.97. The van der Waals surface area contributed by atoms with Crippen LogP contribution in [-0.2, 0) is 17.8 Å². The number of fused-ring (bicyclic) bond motifs is 1. The van der Waals surface area contributed by atoms with Gasteiger partial charge in [-0.05, 0) is 30.5 Å². The average Bonchev–Trinajstić information content (AvgIpc) is 2.85. The zero-order chi connectivity index (χ0) is 14.5. The number of carbonyl (C=O) groups is 1. The normalized spacial score (nSPS) is 13.4. The van der Waals surface area contributed by atoms with Gasteiger partial charge in [-0.1, -0.05) is 32.0 Å². The molecule has 0 atom stereocenters. The van der Waals surface area contributed by atoms with Crippen molar-refractivity contribution in [2.45, 2.75) is 26.8 Å². The summed E-state index contributed by atoms with van der Waals surface area (Å²) in [6.07, 6.45) is 1.10. The van der Waals surface area contributed by atoms with Gasteiger partial charge >= 0.3 is 0 Å². The lowest BCUT2D eigenvalue weighted by Crippen LogP contribution is -2.36. The molecule has 2 N–H and O–H groups in total. The monoisotopic (exact) mass is 275 g/mol. The third-order valence-corrected chi connectivity index (χ3v) is 3.49. The molecule has 0 aromatic heterocycles. The van der Waals surface area contributed by atoms with E-state index in [-0.39, 0.29) is 5.91 Å². The van der Waals surface area contributed by atoms with E-state index in [1.165, 1.54) is 16.8 Å². The topological polar surface area (TPSA) is 44.4 Å². The number of hydrogen-bond donors (Lipinski definition) is 2. The van der Waals surface area contributed by atoms with E-state index in [1.54, 1.807) is 0 Å². The Morgan fingerprint density at radius 2 is 2.25 bits per heavy atom. The second-order valence-electron chi connectivity index (χ2n) is 6.00. The largest absolute Gasteiger partial charge is 0.384 e. The van der Waals surface area contributed by atoms with Crippen molar-refractivity contribution in [2.75, 3.05) is 32.0 Å². The summed E-state index contributed by atoms with van der Waals surface area (Å²) >= 11 is 0. The maximum Gasteiger partial charge on any atom is 0.234 e. The predicted octanol–water partition coefficient (Wildman–Crippen LogP) is 1.86. The molecule has 110 valence electrons. The van der Waals surface area contributed by atoms with Gasteiger partial charge < -0.3 is 10.6 Å². The molecule has 4 nitrogen and oxygen atoms in total. The lowest BCUT2D eigenvalue weighted by molar-refractivity contribution is -0.122. The van der Waals surface area contributed by atoms with Crippen molar-refractivity contribution in [1.29, 1.82) is 0 Å². The van der Waals surface area contributed by atoms with Gasteiger partial charge in [0.1, 0.15) is 0 Å². The Labute approximate surface area is 121 Å². The molecule has 0 aliphatic carbocycles. The van der Waals surface area contributed by atoms with Crippen LogP contribution in [0.5, 0.6) is 0 Å². The number of nitrogens with one attached hydrogen (secondary N) is 2. The van der Waals surface area contributed by atoms with Crippen LogP contribution < -0.4 is 10.6 Å². The van der Waals surface area contributed by atoms with Crippen molar-refractivity contribution in [1.82, 2.24) is 10.2 Å². The summed E-state index contributed by atoms with van der Waals surface area (Å²) < 4.78 is 0. The number of nitrogens with zero attached hydrogens (tertiary/aromatic N) is 1. The Bertz CT molecular complexity index is 471. The Hall–Kier alpha value is -1.55. The zero-order valence-electron chi connectivity index (χ0n) is 12.7. The van der Waals surface area contributed by atoms with Crippen LogP contribution in [-0.4, -0.2) is 37.5 Å². The predicted molar refractivity (Wildman–Crippen MR) is 82.8 cm³/mol. The Morgan fingerprint density at radius 1 is 1.45 bits per heavy atom. The highest BCUT2D eigenvalue weighted by molar-refractivity contribution is 5.78. The molecular weight excluding hydrogens is 250 g/mol. The maximum absolute atomic E-state index is 11.8. The fourth-order valence-electron chi connectivity index (χ4n) is 2.51. The van der Waals surface area contributed by atoms with Crippen molar-refractivity contribution in [3.8, 4) is 0 Å². The van der Waals surface area contributed by atoms with E-state index in [1.807, 2.05) is 7.05 Å². The van der Waals surface area contributed by atoms with Gasteiger partial charge in [0.25, 0.3) is 0 Å². The number of para-hydroxylation sites is 1. The summed E-state index contributed by atoms with van der Waals surface area (Å²) in [5.74, 6) is 0.590. The highest BCUT2D eigenvalue weighted by atomic mass is 16.2. The number of hydrogen-bond acceptors (Lipinski definition) is 3. The van der Waals surface area contributed by atoms with E-state index < -0.39 is 0 Å². The highest BCUT2D eigenvalue weighted by Gasteiger charge is 2.15. The summed E-state index contributed by atoms with van der Waals surface area (Å²) in [5.41, 5.74) is 3.93. The molecule has 1 aliphatic rings. The van der Waals surface area contributed by atoms with Crippen LogP contribution >= 0.6 is 0 Å². The van der Waals surface area contributed by atoms with E-state index in [9.17, 15) is 4.79 Å². The average molecular weight is 275 g/mol. The number of carbonyl (C=O) groups excluding carboxylic acids is 1. The molecular formula is C16H25N3O. The minimum absolute atomic E-state index is 0.0988. The third-order valence-electron chi connectivity index (χ3n) is 3.49. The van der Waals surface area contributed by atoms with Crippen molar-refractivity contribution < 1.29 is 4.79 Å². The first kappa shape index (κ1) is 14.9. The lowest BCUT2D eigenvalue weighted by Gasteiger charge is -2.18. The molecule has 0 saturated heterocycles. The Morgan fingerprint density at radius 3 is 3.00 bits per heavy atom. The van der Waals surface area contributed by atoms with E-state index >= 15 is 0 Å². The molecule has 0 unspecified atom stereocenters. The zero-order valence-corrected chi connectivity index (χ0v) is 12.7. The van der Waals surface area contributed by atoms with E-state index in [4.69, 9.17) is 0 Å². The first-order valence-electron chi connectivity index (χ1n) is 7.36. The number of anilines is 1. The minimum Gasteiger partial charge on any atom is -0.384 e. The van der Waals surface area contributed by atoms with Gasteiger partial charge in [0.2, 0.25) is 5.91 Å². The second-order valence-corrected chi connectivity index (χ2v) is 6.00. The molecule has 1 amide bonds. The molecule has 1 heterocycles. The fraction of sp³-hybridized carbons (Fsp3) is 0.562. The maximum atomic E-state index is 11.8. The molecule has 1 aromatic carbocycles. The van der Waals surface area contributed by atoms with Gasteiger partial charge in [-0.3, -0.25) is 9.69 Å². The van der Waals surface area contributed by atoms with E-state index in [2.05, 4.69) is 47.6 Å². The number of amides is 1. The first-order chi connectivity index (χ1) is 9.56.